The number of carbonyl (C=O) groups is 2. The number of hydrogen-bond acceptors (Lipinski definition) is 4. The standard InChI is InChI=1S/C25H35N3O3/c1-6-9-28-15(2)10-21(17(28)4)13-22(14-26)25(30)31-18(5)24(29)27-16(3)23-12-19-7-8-20(23)11-19/h10,13,16,18-20,23H,6-9,11-12H2,1-5H3,(H,27,29)/b22-13+/t16-,18+,19-,20-,23-/m0/s1. The number of nitriles is 1. The van der Waals surface area contributed by atoms with E-state index >= 15 is 0 Å². The third kappa shape index (κ3) is 5.03. The molecule has 0 unspecified atom stereocenters. The van der Waals surface area contributed by atoms with Crippen molar-refractivity contribution in [3.63, 3.8) is 0 Å². The van der Waals surface area contributed by atoms with Gasteiger partial charge in [-0.05, 0) is 88.8 Å². The van der Waals surface area contributed by atoms with Gasteiger partial charge in [-0.2, -0.15) is 5.26 Å². The van der Waals surface area contributed by atoms with E-state index in [-0.39, 0.29) is 17.5 Å². The zero-order valence-electron chi connectivity index (χ0n) is 19.4. The molecule has 6 nitrogen and oxygen atoms in total. The van der Waals surface area contributed by atoms with Crippen molar-refractivity contribution in [1.29, 1.82) is 5.26 Å². The number of amides is 1. The van der Waals surface area contributed by atoms with Crippen LogP contribution < -0.4 is 5.32 Å². The molecule has 0 spiro atoms. The summed E-state index contributed by atoms with van der Waals surface area (Å²) in [5.41, 5.74) is 2.81. The van der Waals surface area contributed by atoms with Crippen LogP contribution in [0.3, 0.4) is 0 Å². The number of rotatable bonds is 8. The highest BCUT2D eigenvalue weighted by molar-refractivity contribution is 5.99. The van der Waals surface area contributed by atoms with E-state index < -0.39 is 12.1 Å². The van der Waals surface area contributed by atoms with Crippen molar-refractivity contribution in [2.24, 2.45) is 17.8 Å². The average molecular weight is 426 g/mol. The van der Waals surface area contributed by atoms with E-state index in [9.17, 15) is 14.9 Å². The molecule has 0 radical (unpaired) electrons. The van der Waals surface area contributed by atoms with Crippen molar-refractivity contribution in [3.05, 3.63) is 28.6 Å². The van der Waals surface area contributed by atoms with Crippen LogP contribution in [-0.4, -0.2) is 28.6 Å². The first-order chi connectivity index (χ1) is 14.7. The molecule has 0 aliphatic heterocycles. The molecule has 1 aromatic heterocycles. The van der Waals surface area contributed by atoms with E-state index in [2.05, 4.69) is 16.8 Å². The lowest BCUT2D eigenvalue weighted by molar-refractivity contribution is -0.151. The number of aryl methyl sites for hydroxylation is 1. The number of aromatic nitrogens is 1. The van der Waals surface area contributed by atoms with Gasteiger partial charge in [-0.3, -0.25) is 4.79 Å². The van der Waals surface area contributed by atoms with Crippen molar-refractivity contribution in [2.75, 3.05) is 0 Å². The first kappa shape index (κ1) is 23.1. The van der Waals surface area contributed by atoms with Gasteiger partial charge in [0, 0.05) is 24.0 Å². The summed E-state index contributed by atoms with van der Waals surface area (Å²) in [5, 5.41) is 12.5. The van der Waals surface area contributed by atoms with Gasteiger partial charge in [0.15, 0.2) is 6.10 Å². The Kier molecular flexibility index (Phi) is 7.25. The van der Waals surface area contributed by atoms with Crippen LogP contribution in [0.1, 0.15) is 69.8 Å². The topological polar surface area (TPSA) is 84.1 Å². The molecule has 2 saturated carbocycles. The molecule has 1 heterocycles. The van der Waals surface area contributed by atoms with Crippen molar-refractivity contribution in [3.8, 4) is 6.07 Å². The Hall–Kier alpha value is -2.55. The maximum absolute atomic E-state index is 12.6. The molecule has 0 aromatic carbocycles. The minimum Gasteiger partial charge on any atom is -0.448 e. The lowest BCUT2D eigenvalue weighted by atomic mass is 9.84. The summed E-state index contributed by atoms with van der Waals surface area (Å²) >= 11 is 0. The SMILES string of the molecule is CCCn1c(C)cc(/C=C(\C#N)C(=O)O[C@H](C)C(=O)N[C@@H](C)[C@@H]2C[C@H]3CC[C@H]2C3)c1C. The van der Waals surface area contributed by atoms with Crippen LogP contribution >= 0.6 is 0 Å². The third-order valence-corrected chi connectivity index (χ3v) is 7.16. The summed E-state index contributed by atoms with van der Waals surface area (Å²) in [6.45, 7) is 10.6. The van der Waals surface area contributed by atoms with Crippen LogP contribution in [0.5, 0.6) is 0 Å². The van der Waals surface area contributed by atoms with Gasteiger partial charge < -0.3 is 14.6 Å². The number of carbonyl (C=O) groups excluding carboxylic acids is 2. The second-order valence-electron chi connectivity index (χ2n) is 9.33. The molecule has 168 valence electrons. The fourth-order valence-corrected chi connectivity index (χ4v) is 5.47. The number of nitrogens with zero attached hydrogens (tertiary/aromatic N) is 2. The average Bonchev–Trinajstić information content (AvgIpc) is 3.43. The molecular weight excluding hydrogens is 390 g/mol. The smallest absolute Gasteiger partial charge is 0.349 e. The summed E-state index contributed by atoms with van der Waals surface area (Å²) in [6, 6.07) is 3.96. The first-order valence-corrected chi connectivity index (χ1v) is 11.5. The molecule has 2 aliphatic rings. The summed E-state index contributed by atoms with van der Waals surface area (Å²) in [6.07, 6.45) is 6.65. The van der Waals surface area contributed by atoms with Crippen LogP contribution in [0.15, 0.2) is 11.6 Å². The predicted molar refractivity (Wildman–Crippen MR) is 120 cm³/mol. The minimum absolute atomic E-state index is 0.0684. The molecule has 3 rings (SSSR count). The normalized spacial score (nSPS) is 24.5. The molecular formula is C25H35N3O3. The summed E-state index contributed by atoms with van der Waals surface area (Å²) in [4.78, 5) is 25.2. The van der Waals surface area contributed by atoms with Gasteiger partial charge >= 0.3 is 5.97 Å². The molecule has 1 amide bonds. The highest BCUT2D eigenvalue weighted by Gasteiger charge is 2.42. The van der Waals surface area contributed by atoms with E-state index in [0.717, 1.165) is 35.8 Å². The largest absolute Gasteiger partial charge is 0.448 e. The van der Waals surface area contributed by atoms with Crippen molar-refractivity contribution in [2.45, 2.75) is 85.4 Å². The van der Waals surface area contributed by atoms with Gasteiger partial charge in [-0.1, -0.05) is 13.3 Å². The summed E-state index contributed by atoms with van der Waals surface area (Å²) in [7, 11) is 0. The van der Waals surface area contributed by atoms with Crippen LogP contribution in [-0.2, 0) is 20.9 Å². The fourth-order valence-electron chi connectivity index (χ4n) is 5.47. The van der Waals surface area contributed by atoms with Crippen LogP contribution in [0.25, 0.3) is 6.08 Å². The number of esters is 1. The van der Waals surface area contributed by atoms with Crippen molar-refractivity contribution >= 4 is 18.0 Å². The van der Waals surface area contributed by atoms with Gasteiger partial charge in [-0.15, -0.1) is 0 Å². The Morgan fingerprint density at radius 1 is 1.32 bits per heavy atom. The van der Waals surface area contributed by atoms with Gasteiger partial charge in [0.2, 0.25) is 0 Å². The first-order valence-electron chi connectivity index (χ1n) is 11.5. The highest BCUT2D eigenvalue weighted by Crippen LogP contribution is 2.49. The van der Waals surface area contributed by atoms with E-state index in [1.54, 1.807) is 13.0 Å². The number of fused-ring (bicyclic) bond motifs is 2. The zero-order valence-corrected chi connectivity index (χ0v) is 19.4. The Morgan fingerprint density at radius 2 is 2.06 bits per heavy atom. The predicted octanol–water partition coefficient (Wildman–Crippen LogP) is 4.29. The van der Waals surface area contributed by atoms with Crippen LogP contribution in [0, 0.1) is 42.9 Å². The Labute approximate surface area is 185 Å². The number of nitrogens with one attached hydrogen (secondary N) is 1. The lowest BCUT2D eigenvalue weighted by Gasteiger charge is -2.29. The molecule has 0 saturated heterocycles. The Bertz CT molecular complexity index is 908. The molecule has 2 bridgehead atoms. The highest BCUT2D eigenvalue weighted by atomic mass is 16.5. The number of ether oxygens (including phenoxy) is 1. The Balaban J connectivity index is 1.61. The second kappa shape index (κ2) is 9.72. The quantitative estimate of drug-likeness (QED) is 0.382. The second-order valence-corrected chi connectivity index (χ2v) is 9.33. The van der Waals surface area contributed by atoms with Crippen molar-refractivity contribution < 1.29 is 14.3 Å². The molecule has 31 heavy (non-hydrogen) atoms. The molecule has 2 fully saturated rings. The van der Waals surface area contributed by atoms with Gasteiger partial charge in [-0.25, -0.2) is 4.79 Å². The van der Waals surface area contributed by atoms with E-state index in [4.69, 9.17) is 4.74 Å². The van der Waals surface area contributed by atoms with Crippen LogP contribution in [0.4, 0.5) is 0 Å². The zero-order chi connectivity index (χ0) is 22.7. The van der Waals surface area contributed by atoms with E-state index in [1.807, 2.05) is 32.9 Å². The van der Waals surface area contributed by atoms with Crippen molar-refractivity contribution in [1.82, 2.24) is 9.88 Å². The molecule has 5 atom stereocenters. The van der Waals surface area contributed by atoms with E-state index in [0.29, 0.717) is 11.8 Å². The fraction of sp³-hybridized carbons (Fsp3) is 0.640. The van der Waals surface area contributed by atoms with E-state index in [1.165, 1.54) is 25.7 Å². The molecule has 6 heteroatoms. The van der Waals surface area contributed by atoms with Gasteiger partial charge in [0.05, 0.1) is 0 Å². The lowest BCUT2D eigenvalue weighted by Crippen LogP contribution is -2.45. The van der Waals surface area contributed by atoms with Gasteiger partial charge in [0.25, 0.3) is 5.91 Å². The maximum Gasteiger partial charge on any atom is 0.349 e. The molecule has 1 N–H and O–H groups in total. The number of hydrogen-bond donors (Lipinski definition) is 1. The third-order valence-electron chi connectivity index (χ3n) is 7.16. The van der Waals surface area contributed by atoms with Gasteiger partial charge in [0.1, 0.15) is 11.6 Å². The minimum atomic E-state index is -0.946. The monoisotopic (exact) mass is 425 g/mol. The van der Waals surface area contributed by atoms with Crippen LogP contribution in [0.2, 0.25) is 0 Å². The maximum atomic E-state index is 12.6. The Morgan fingerprint density at radius 3 is 2.65 bits per heavy atom. The summed E-state index contributed by atoms with van der Waals surface area (Å²) in [5.74, 6) is 0.962. The molecule has 1 aromatic rings. The summed E-state index contributed by atoms with van der Waals surface area (Å²) < 4.78 is 7.50. The molecule has 2 aliphatic carbocycles.